The molecule has 0 rings (SSSR count). The summed E-state index contributed by atoms with van der Waals surface area (Å²) >= 11 is 0. The predicted octanol–water partition coefficient (Wildman–Crippen LogP) is 11.7. The highest BCUT2D eigenvalue weighted by Gasteiger charge is 2.19. The van der Waals surface area contributed by atoms with Gasteiger partial charge in [0.2, 0.25) is 5.91 Å². The van der Waals surface area contributed by atoms with E-state index in [9.17, 15) is 15.0 Å². The lowest BCUT2D eigenvalue weighted by Crippen LogP contribution is -2.45. The molecule has 0 aliphatic heterocycles. The molecule has 0 aromatic carbocycles. The number of aliphatic hydroxyl groups excluding tert-OH is 2. The molecular formula is C39H79NO3. The van der Waals surface area contributed by atoms with E-state index in [1.165, 1.54) is 173 Å². The Labute approximate surface area is 270 Å². The lowest BCUT2D eigenvalue weighted by atomic mass is 10.0. The normalized spacial score (nSPS) is 12.9. The second kappa shape index (κ2) is 35.9. The summed E-state index contributed by atoms with van der Waals surface area (Å²) in [5.74, 6) is -0.0339. The van der Waals surface area contributed by atoms with Gasteiger partial charge in [-0.25, -0.2) is 0 Å². The molecule has 0 aliphatic carbocycles. The first kappa shape index (κ1) is 42.4. The average molecular weight is 610 g/mol. The summed E-state index contributed by atoms with van der Waals surface area (Å²) in [5.41, 5.74) is 0. The maximum Gasteiger partial charge on any atom is 0.220 e. The second-order valence-corrected chi connectivity index (χ2v) is 13.7. The molecule has 0 saturated carbocycles. The van der Waals surface area contributed by atoms with Crippen LogP contribution in [0.4, 0.5) is 0 Å². The second-order valence-electron chi connectivity index (χ2n) is 13.7. The molecule has 1 amide bonds. The van der Waals surface area contributed by atoms with E-state index in [4.69, 9.17) is 0 Å². The molecular weight excluding hydrogens is 530 g/mol. The Morgan fingerprint density at radius 1 is 0.465 bits per heavy atom. The van der Waals surface area contributed by atoms with Crippen molar-refractivity contribution in [1.29, 1.82) is 0 Å². The minimum Gasteiger partial charge on any atom is -0.394 e. The Morgan fingerprint density at radius 3 is 1.05 bits per heavy atom. The Kier molecular flexibility index (Phi) is 35.4. The van der Waals surface area contributed by atoms with Gasteiger partial charge in [0.05, 0.1) is 18.8 Å². The van der Waals surface area contributed by atoms with E-state index in [2.05, 4.69) is 19.2 Å². The number of aliphatic hydroxyl groups is 2. The highest BCUT2D eigenvalue weighted by Crippen LogP contribution is 2.16. The van der Waals surface area contributed by atoms with Crippen molar-refractivity contribution >= 4 is 5.91 Å². The molecule has 0 aromatic rings. The summed E-state index contributed by atoms with van der Waals surface area (Å²) in [6.45, 7) is 4.34. The van der Waals surface area contributed by atoms with Crippen LogP contribution in [0.2, 0.25) is 0 Å². The summed E-state index contributed by atoms with van der Waals surface area (Å²) < 4.78 is 0. The standard InChI is InChI=1S/C39H79NO3/c1-3-5-7-9-11-13-14-15-16-17-18-19-20-21-22-23-24-25-26-27-28-30-32-34-38(42)37(36-41)40-39(43)35-33-31-29-12-10-8-6-4-2/h37-38,41-42H,3-36H2,1-2H3,(H,40,43). The lowest BCUT2D eigenvalue weighted by Gasteiger charge is -2.22. The van der Waals surface area contributed by atoms with Gasteiger partial charge < -0.3 is 15.5 Å². The Morgan fingerprint density at radius 2 is 0.744 bits per heavy atom. The molecule has 3 N–H and O–H groups in total. The van der Waals surface area contributed by atoms with E-state index in [1.807, 2.05) is 0 Å². The molecule has 0 spiro atoms. The third-order valence-corrected chi connectivity index (χ3v) is 9.37. The molecule has 0 radical (unpaired) electrons. The first-order valence-electron chi connectivity index (χ1n) is 19.7. The van der Waals surface area contributed by atoms with Crippen molar-refractivity contribution in [2.75, 3.05) is 6.61 Å². The summed E-state index contributed by atoms with van der Waals surface area (Å²) in [7, 11) is 0. The number of rotatable bonds is 36. The van der Waals surface area contributed by atoms with Gasteiger partial charge in [0.1, 0.15) is 0 Å². The van der Waals surface area contributed by atoms with Crippen LogP contribution in [-0.4, -0.2) is 34.9 Å². The zero-order chi connectivity index (χ0) is 31.5. The maximum atomic E-state index is 12.2. The molecule has 0 bridgehead atoms. The fraction of sp³-hybridized carbons (Fsp3) is 0.974. The molecule has 4 heteroatoms. The van der Waals surface area contributed by atoms with Gasteiger partial charge >= 0.3 is 0 Å². The van der Waals surface area contributed by atoms with Crippen molar-refractivity contribution in [2.24, 2.45) is 0 Å². The maximum absolute atomic E-state index is 12.2. The van der Waals surface area contributed by atoms with Crippen molar-refractivity contribution in [2.45, 2.75) is 238 Å². The first-order chi connectivity index (χ1) is 21.2. The zero-order valence-corrected chi connectivity index (χ0v) is 29.5. The van der Waals surface area contributed by atoms with Gasteiger partial charge in [-0.1, -0.05) is 206 Å². The smallest absolute Gasteiger partial charge is 0.220 e. The molecule has 0 aromatic heterocycles. The summed E-state index contributed by atoms with van der Waals surface area (Å²) in [4.78, 5) is 12.2. The van der Waals surface area contributed by atoms with Crippen LogP contribution in [0.1, 0.15) is 226 Å². The van der Waals surface area contributed by atoms with Gasteiger partial charge in [-0.2, -0.15) is 0 Å². The zero-order valence-electron chi connectivity index (χ0n) is 29.5. The highest BCUT2D eigenvalue weighted by atomic mass is 16.3. The van der Waals surface area contributed by atoms with E-state index < -0.39 is 12.1 Å². The van der Waals surface area contributed by atoms with Gasteiger partial charge in [0.15, 0.2) is 0 Å². The molecule has 2 atom stereocenters. The van der Waals surface area contributed by atoms with Gasteiger partial charge in [0.25, 0.3) is 0 Å². The number of hydrogen-bond donors (Lipinski definition) is 3. The monoisotopic (exact) mass is 610 g/mol. The predicted molar refractivity (Wildman–Crippen MR) is 189 cm³/mol. The van der Waals surface area contributed by atoms with Crippen molar-refractivity contribution in [3.8, 4) is 0 Å². The number of carbonyl (C=O) groups excluding carboxylic acids is 1. The van der Waals surface area contributed by atoms with Crippen molar-refractivity contribution in [1.82, 2.24) is 5.32 Å². The van der Waals surface area contributed by atoms with E-state index in [0.717, 1.165) is 25.7 Å². The Balaban J connectivity index is 3.41. The Bertz CT molecular complexity index is 541. The van der Waals surface area contributed by atoms with Crippen LogP contribution in [0.3, 0.4) is 0 Å². The first-order valence-corrected chi connectivity index (χ1v) is 19.7. The van der Waals surface area contributed by atoms with Crippen LogP contribution in [0, 0.1) is 0 Å². The molecule has 43 heavy (non-hydrogen) atoms. The molecule has 0 aliphatic rings. The largest absolute Gasteiger partial charge is 0.394 e. The van der Waals surface area contributed by atoms with Crippen LogP contribution < -0.4 is 5.32 Å². The van der Waals surface area contributed by atoms with Gasteiger partial charge in [-0.3, -0.25) is 4.79 Å². The molecule has 4 nitrogen and oxygen atoms in total. The summed E-state index contributed by atoms with van der Waals surface area (Å²) in [6.07, 6.45) is 41.8. The summed E-state index contributed by atoms with van der Waals surface area (Å²) in [6, 6.07) is -0.527. The minimum absolute atomic E-state index is 0.0339. The number of unbranched alkanes of at least 4 members (excludes halogenated alkanes) is 29. The molecule has 0 heterocycles. The van der Waals surface area contributed by atoms with Crippen molar-refractivity contribution in [3.05, 3.63) is 0 Å². The molecule has 258 valence electrons. The minimum atomic E-state index is -0.651. The number of carbonyl (C=O) groups is 1. The van der Waals surface area contributed by atoms with Crippen molar-refractivity contribution < 1.29 is 15.0 Å². The molecule has 2 unspecified atom stereocenters. The van der Waals surface area contributed by atoms with Crippen LogP contribution in [0.15, 0.2) is 0 Å². The number of amides is 1. The molecule has 0 fully saturated rings. The van der Waals surface area contributed by atoms with Gasteiger partial charge in [-0.15, -0.1) is 0 Å². The third-order valence-electron chi connectivity index (χ3n) is 9.37. The van der Waals surface area contributed by atoms with E-state index in [-0.39, 0.29) is 12.5 Å². The molecule has 0 saturated heterocycles. The topological polar surface area (TPSA) is 69.6 Å². The van der Waals surface area contributed by atoms with Crippen LogP contribution in [0.25, 0.3) is 0 Å². The van der Waals surface area contributed by atoms with E-state index in [1.54, 1.807) is 0 Å². The number of nitrogens with one attached hydrogen (secondary N) is 1. The fourth-order valence-corrected chi connectivity index (χ4v) is 6.30. The average Bonchev–Trinajstić information content (AvgIpc) is 3.01. The fourth-order valence-electron chi connectivity index (χ4n) is 6.30. The number of hydrogen-bond acceptors (Lipinski definition) is 3. The van der Waals surface area contributed by atoms with Crippen molar-refractivity contribution in [3.63, 3.8) is 0 Å². The lowest BCUT2D eigenvalue weighted by molar-refractivity contribution is -0.123. The summed E-state index contributed by atoms with van der Waals surface area (Å²) in [5, 5.41) is 23.0. The Hall–Kier alpha value is -0.610. The van der Waals surface area contributed by atoms with E-state index >= 15 is 0 Å². The van der Waals surface area contributed by atoms with Gasteiger partial charge in [-0.05, 0) is 12.8 Å². The highest BCUT2D eigenvalue weighted by molar-refractivity contribution is 5.76. The SMILES string of the molecule is CCCCCCCCCCCCCCCCCCCCCCCCCC(O)C(CO)NC(=O)CCCCCCCCCC. The quantitative estimate of drug-likeness (QED) is 0.0619. The van der Waals surface area contributed by atoms with Crippen LogP contribution in [0.5, 0.6) is 0 Å². The van der Waals surface area contributed by atoms with E-state index in [0.29, 0.717) is 12.8 Å². The van der Waals surface area contributed by atoms with Gasteiger partial charge in [0, 0.05) is 6.42 Å². The van der Waals surface area contributed by atoms with Crippen LogP contribution in [-0.2, 0) is 4.79 Å². The van der Waals surface area contributed by atoms with Crippen LogP contribution >= 0.6 is 0 Å². The third kappa shape index (κ3) is 32.6.